The standard InChI is InChI=1S/C12H19NO2/c1-12(15,9-13(2,3)4)10-5-7-11(14)8-6-10/h5-8,15H,9H2,1-4H3/p+1. The summed E-state index contributed by atoms with van der Waals surface area (Å²) in [4.78, 5) is 0. The van der Waals surface area contributed by atoms with Crippen LogP contribution in [0.2, 0.25) is 0 Å². The van der Waals surface area contributed by atoms with Gasteiger partial charge in [0.25, 0.3) is 0 Å². The molecule has 1 aromatic carbocycles. The highest BCUT2D eigenvalue weighted by molar-refractivity contribution is 5.29. The number of quaternary nitrogens is 1. The van der Waals surface area contributed by atoms with Crippen LogP contribution in [0.1, 0.15) is 12.5 Å². The van der Waals surface area contributed by atoms with Gasteiger partial charge in [-0.05, 0) is 24.6 Å². The summed E-state index contributed by atoms with van der Waals surface area (Å²) in [6, 6.07) is 6.70. The van der Waals surface area contributed by atoms with Gasteiger partial charge in [-0.1, -0.05) is 12.1 Å². The molecule has 0 amide bonds. The number of phenols is 1. The molecule has 0 heterocycles. The average molecular weight is 210 g/mol. The lowest BCUT2D eigenvalue weighted by molar-refractivity contribution is -0.877. The third kappa shape index (κ3) is 3.53. The lowest BCUT2D eigenvalue weighted by Crippen LogP contribution is -2.46. The molecule has 3 heteroatoms. The molecule has 0 bridgehead atoms. The first kappa shape index (κ1) is 12.0. The van der Waals surface area contributed by atoms with Crippen LogP contribution in [0.25, 0.3) is 0 Å². The topological polar surface area (TPSA) is 40.5 Å². The normalized spacial score (nSPS) is 16.1. The number of aromatic hydroxyl groups is 1. The van der Waals surface area contributed by atoms with E-state index in [9.17, 15) is 5.11 Å². The molecular formula is C12H20NO2+. The molecule has 0 spiro atoms. The number of aliphatic hydroxyl groups is 1. The van der Waals surface area contributed by atoms with E-state index in [2.05, 4.69) is 0 Å². The summed E-state index contributed by atoms with van der Waals surface area (Å²) in [6.07, 6.45) is 0. The Labute approximate surface area is 91.2 Å². The molecule has 0 aliphatic heterocycles. The number of rotatable bonds is 3. The number of hydrogen-bond donors (Lipinski definition) is 2. The summed E-state index contributed by atoms with van der Waals surface area (Å²) < 4.78 is 0.688. The average Bonchev–Trinajstić information content (AvgIpc) is 2.00. The first-order valence-corrected chi connectivity index (χ1v) is 5.03. The van der Waals surface area contributed by atoms with Crippen molar-refractivity contribution >= 4 is 0 Å². The predicted molar refractivity (Wildman–Crippen MR) is 60.6 cm³/mol. The van der Waals surface area contributed by atoms with Gasteiger partial charge in [0.1, 0.15) is 17.9 Å². The van der Waals surface area contributed by atoms with E-state index >= 15 is 0 Å². The minimum absolute atomic E-state index is 0.222. The van der Waals surface area contributed by atoms with E-state index in [4.69, 9.17) is 5.11 Å². The second kappa shape index (κ2) is 3.83. The van der Waals surface area contributed by atoms with E-state index in [0.29, 0.717) is 11.0 Å². The second-order valence-corrected chi connectivity index (χ2v) is 5.27. The lowest BCUT2D eigenvalue weighted by Gasteiger charge is -2.33. The van der Waals surface area contributed by atoms with Crippen molar-refractivity contribution in [2.45, 2.75) is 12.5 Å². The molecule has 0 fully saturated rings. The van der Waals surface area contributed by atoms with Crippen molar-refractivity contribution in [3.05, 3.63) is 29.8 Å². The second-order valence-electron chi connectivity index (χ2n) is 5.27. The van der Waals surface area contributed by atoms with Gasteiger partial charge in [-0.15, -0.1) is 0 Å². The van der Waals surface area contributed by atoms with E-state index in [1.165, 1.54) is 0 Å². The van der Waals surface area contributed by atoms with E-state index in [1.807, 2.05) is 21.1 Å². The van der Waals surface area contributed by atoms with Crippen LogP contribution in [0.5, 0.6) is 5.75 Å². The van der Waals surface area contributed by atoms with Gasteiger partial charge in [0.2, 0.25) is 0 Å². The quantitative estimate of drug-likeness (QED) is 0.738. The van der Waals surface area contributed by atoms with Crippen molar-refractivity contribution in [3.63, 3.8) is 0 Å². The molecule has 84 valence electrons. The summed E-state index contributed by atoms with van der Waals surface area (Å²) in [7, 11) is 6.11. The van der Waals surface area contributed by atoms with Crippen LogP contribution in [-0.4, -0.2) is 42.4 Å². The van der Waals surface area contributed by atoms with Crippen LogP contribution in [0.3, 0.4) is 0 Å². The van der Waals surface area contributed by atoms with E-state index in [0.717, 1.165) is 5.56 Å². The van der Waals surface area contributed by atoms with Crippen molar-refractivity contribution in [1.82, 2.24) is 0 Å². The zero-order valence-electron chi connectivity index (χ0n) is 9.86. The molecule has 1 atom stereocenters. The molecule has 0 aliphatic rings. The van der Waals surface area contributed by atoms with Gasteiger partial charge < -0.3 is 14.7 Å². The van der Waals surface area contributed by atoms with Gasteiger partial charge >= 0.3 is 0 Å². The minimum Gasteiger partial charge on any atom is -0.508 e. The Morgan fingerprint density at radius 1 is 1.13 bits per heavy atom. The highest BCUT2D eigenvalue weighted by Gasteiger charge is 2.29. The van der Waals surface area contributed by atoms with Gasteiger partial charge in [-0.25, -0.2) is 0 Å². The van der Waals surface area contributed by atoms with Crippen LogP contribution >= 0.6 is 0 Å². The Bertz CT molecular complexity index is 322. The van der Waals surface area contributed by atoms with E-state index < -0.39 is 5.60 Å². The van der Waals surface area contributed by atoms with Crippen molar-refractivity contribution in [1.29, 1.82) is 0 Å². The van der Waals surface area contributed by atoms with Crippen LogP contribution in [-0.2, 0) is 5.60 Å². The van der Waals surface area contributed by atoms with Gasteiger partial charge in [0, 0.05) is 0 Å². The van der Waals surface area contributed by atoms with E-state index in [-0.39, 0.29) is 5.75 Å². The van der Waals surface area contributed by atoms with Crippen molar-refractivity contribution in [3.8, 4) is 5.75 Å². The molecule has 15 heavy (non-hydrogen) atoms. The zero-order chi connectivity index (χ0) is 11.7. The highest BCUT2D eigenvalue weighted by atomic mass is 16.3. The largest absolute Gasteiger partial charge is 0.508 e. The molecule has 1 aromatic rings. The highest BCUT2D eigenvalue weighted by Crippen LogP contribution is 2.24. The van der Waals surface area contributed by atoms with Crippen molar-refractivity contribution in [2.24, 2.45) is 0 Å². The molecule has 0 aromatic heterocycles. The molecule has 2 N–H and O–H groups in total. The third-order valence-corrected chi connectivity index (χ3v) is 2.27. The molecule has 0 aliphatic carbocycles. The van der Waals surface area contributed by atoms with Crippen molar-refractivity contribution in [2.75, 3.05) is 27.7 Å². The van der Waals surface area contributed by atoms with Crippen molar-refractivity contribution < 1.29 is 14.7 Å². The molecule has 1 rings (SSSR count). The maximum absolute atomic E-state index is 10.3. The third-order valence-electron chi connectivity index (χ3n) is 2.27. The summed E-state index contributed by atoms with van der Waals surface area (Å²) in [6.45, 7) is 2.42. The molecule has 0 saturated heterocycles. The summed E-state index contributed by atoms with van der Waals surface area (Å²) in [5.74, 6) is 0.222. The van der Waals surface area contributed by atoms with Gasteiger partial charge in [-0.2, -0.15) is 0 Å². The number of likely N-dealkylation sites (N-methyl/N-ethyl adjacent to an activating group) is 1. The fourth-order valence-electron chi connectivity index (χ4n) is 1.84. The Morgan fingerprint density at radius 2 is 1.60 bits per heavy atom. The van der Waals surface area contributed by atoms with Crippen LogP contribution in [0.15, 0.2) is 24.3 Å². The van der Waals surface area contributed by atoms with E-state index in [1.54, 1.807) is 31.2 Å². The van der Waals surface area contributed by atoms with Crippen LogP contribution in [0.4, 0.5) is 0 Å². The Kier molecular flexibility index (Phi) is 3.07. The summed E-state index contributed by atoms with van der Waals surface area (Å²) in [5, 5.41) is 19.5. The predicted octanol–water partition coefficient (Wildman–Crippen LogP) is 1.31. The van der Waals surface area contributed by atoms with Gasteiger partial charge in [0.15, 0.2) is 0 Å². The molecule has 1 unspecified atom stereocenters. The van der Waals surface area contributed by atoms with Crippen LogP contribution in [0, 0.1) is 0 Å². The summed E-state index contributed by atoms with van der Waals surface area (Å²) >= 11 is 0. The first-order valence-electron chi connectivity index (χ1n) is 5.03. The fourth-order valence-corrected chi connectivity index (χ4v) is 1.84. The SMILES string of the molecule is CC(O)(C[N+](C)(C)C)c1ccc(O)cc1. The Balaban J connectivity index is 2.90. The fraction of sp³-hybridized carbons (Fsp3) is 0.500. The Morgan fingerprint density at radius 3 is 2.00 bits per heavy atom. The molecule has 0 saturated carbocycles. The first-order chi connectivity index (χ1) is 6.71. The Hall–Kier alpha value is -1.06. The molecular weight excluding hydrogens is 190 g/mol. The number of phenolic OH excluding ortho intramolecular Hbond substituents is 1. The maximum Gasteiger partial charge on any atom is 0.135 e. The lowest BCUT2D eigenvalue weighted by atomic mass is 9.95. The monoisotopic (exact) mass is 210 g/mol. The number of nitrogens with zero attached hydrogens (tertiary/aromatic N) is 1. The molecule has 3 nitrogen and oxygen atoms in total. The van der Waals surface area contributed by atoms with Crippen LogP contribution < -0.4 is 0 Å². The maximum atomic E-state index is 10.3. The number of benzene rings is 1. The smallest absolute Gasteiger partial charge is 0.135 e. The van der Waals surface area contributed by atoms with Gasteiger partial charge in [-0.3, -0.25) is 0 Å². The minimum atomic E-state index is -0.869. The molecule has 0 radical (unpaired) electrons. The van der Waals surface area contributed by atoms with Gasteiger partial charge in [0.05, 0.1) is 21.1 Å². The zero-order valence-corrected chi connectivity index (χ0v) is 9.86. The summed E-state index contributed by atoms with van der Waals surface area (Å²) in [5.41, 5.74) is -0.0419. The number of hydrogen-bond acceptors (Lipinski definition) is 2.